The second-order valence-corrected chi connectivity index (χ2v) is 5.83. The van der Waals surface area contributed by atoms with E-state index in [1.165, 1.54) is 13.8 Å². The maximum Gasteiger partial charge on any atom is 0.416 e. The molecule has 0 aromatic heterocycles. The number of nitrogens with zero attached hydrogens (tertiary/aromatic N) is 2. The van der Waals surface area contributed by atoms with Crippen LogP contribution in [0.1, 0.15) is 30.9 Å². The van der Waals surface area contributed by atoms with Crippen LogP contribution in [0.4, 0.5) is 13.2 Å². The van der Waals surface area contributed by atoms with Crippen LogP contribution in [0.3, 0.4) is 0 Å². The molecule has 1 atom stereocenters. The van der Waals surface area contributed by atoms with E-state index < -0.39 is 40.4 Å². The van der Waals surface area contributed by atoms with Gasteiger partial charge in [-0.05, 0) is 31.5 Å². The zero-order valence-electron chi connectivity index (χ0n) is 14.5. The van der Waals surface area contributed by atoms with Gasteiger partial charge in [-0.3, -0.25) is 9.59 Å². The van der Waals surface area contributed by atoms with Crippen LogP contribution in [0.25, 0.3) is 0 Å². The van der Waals surface area contributed by atoms with Crippen LogP contribution in [-0.4, -0.2) is 25.2 Å². The molecule has 1 aliphatic rings. The van der Waals surface area contributed by atoms with Gasteiger partial charge in [-0.25, -0.2) is 0 Å². The van der Waals surface area contributed by atoms with Crippen molar-refractivity contribution in [2.45, 2.75) is 25.9 Å². The molecule has 1 unspecified atom stereocenters. The van der Waals surface area contributed by atoms with E-state index in [-0.39, 0.29) is 18.8 Å². The molecule has 1 fully saturated rings. The van der Waals surface area contributed by atoms with Gasteiger partial charge in [-0.2, -0.15) is 23.7 Å². The quantitative estimate of drug-likeness (QED) is 0.575. The maximum atomic E-state index is 12.8. The molecule has 0 saturated heterocycles. The van der Waals surface area contributed by atoms with Crippen molar-refractivity contribution in [3.05, 3.63) is 35.4 Å². The summed E-state index contributed by atoms with van der Waals surface area (Å²) in [6, 6.07) is 6.95. The van der Waals surface area contributed by atoms with E-state index in [1.54, 1.807) is 12.1 Å². The van der Waals surface area contributed by atoms with Crippen LogP contribution in [-0.2, 0) is 25.2 Å². The van der Waals surface area contributed by atoms with E-state index in [1.807, 2.05) is 0 Å². The topological polar surface area (TPSA) is 100 Å². The molecule has 1 aliphatic carbocycles. The van der Waals surface area contributed by atoms with Crippen molar-refractivity contribution in [3.63, 3.8) is 0 Å². The predicted molar refractivity (Wildman–Crippen MR) is 83.5 cm³/mol. The minimum atomic E-state index is -4.58. The Morgan fingerprint density at radius 3 is 1.81 bits per heavy atom. The number of halogens is 3. The van der Waals surface area contributed by atoms with Crippen LogP contribution >= 0.6 is 0 Å². The smallest absolute Gasteiger partial charge is 0.416 e. The summed E-state index contributed by atoms with van der Waals surface area (Å²) in [5.41, 5.74) is -5.26. The molecule has 27 heavy (non-hydrogen) atoms. The second kappa shape index (κ2) is 6.92. The van der Waals surface area contributed by atoms with Crippen molar-refractivity contribution >= 4 is 11.9 Å². The maximum absolute atomic E-state index is 12.8. The van der Waals surface area contributed by atoms with Crippen molar-refractivity contribution in [1.82, 2.24) is 0 Å². The van der Waals surface area contributed by atoms with Crippen LogP contribution in [0, 0.1) is 33.5 Å². The monoisotopic (exact) mass is 380 g/mol. The van der Waals surface area contributed by atoms with Gasteiger partial charge in [0.2, 0.25) is 5.41 Å². The summed E-state index contributed by atoms with van der Waals surface area (Å²) in [5, 5.41) is 19.1. The molecular weight excluding hydrogens is 365 g/mol. The Morgan fingerprint density at radius 1 is 1.04 bits per heavy atom. The molecule has 0 radical (unpaired) electrons. The first-order valence-electron chi connectivity index (χ1n) is 8.01. The van der Waals surface area contributed by atoms with Crippen LogP contribution in [0.5, 0.6) is 0 Å². The average molecular weight is 380 g/mol. The van der Waals surface area contributed by atoms with Gasteiger partial charge in [-0.15, -0.1) is 0 Å². The number of rotatable bonds is 5. The lowest BCUT2D eigenvalue weighted by atomic mass is 9.95. The highest BCUT2D eigenvalue weighted by molar-refractivity contribution is 6.09. The van der Waals surface area contributed by atoms with E-state index in [9.17, 15) is 33.3 Å². The first-order valence-corrected chi connectivity index (χ1v) is 8.01. The van der Waals surface area contributed by atoms with Gasteiger partial charge in [0.15, 0.2) is 5.41 Å². The summed E-state index contributed by atoms with van der Waals surface area (Å²) in [6.07, 6.45) is -4.58. The Morgan fingerprint density at radius 2 is 1.48 bits per heavy atom. The molecule has 6 nitrogen and oxygen atoms in total. The molecule has 0 bridgehead atoms. The molecule has 1 aromatic carbocycles. The van der Waals surface area contributed by atoms with Gasteiger partial charge in [0.1, 0.15) is 0 Å². The molecule has 9 heteroatoms. The lowest BCUT2D eigenvalue weighted by molar-refractivity contribution is -0.165. The molecule has 142 valence electrons. The van der Waals surface area contributed by atoms with Gasteiger partial charge in [-0.1, -0.05) is 12.1 Å². The van der Waals surface area contributed by atoms with Gasteiger partial charge in [0.05, 0.1) is 30.9 Å². The zero-order valence-corrected chi connectivity index (χ0v) is 14.5. The van der Waals surface area contributed by atoms with Crippen molar-refractivity contribution in [1.29, 1.82) is 10.5 Å². The normalized spacial score (nSPS) is 19.3. The third-order valence-corrected chi connectivity index (χ3v) is 4.52. The van der Waals surface area contributed by atoms with Crippen molar-refractivity contribution < 1.29 is 32.2 Å². The molecule has 1 aromatic rings. The van der Waals surface area contributed by atoms with Crippen LogP contribution in [0.15, 0.2) is 24.3 Å². The highest BCUT2D eigenvalue weighted by Gasteiger charge is 2.89. The summed E-state index contributed by atoms with van der Waals surface area (Å²) < 4.78 is 48.1. The Bertz CT molecular complexity index is 802. The van der Waals surface area contributed by atoms with Gasteiger partial charge < -0.3 is 9.47 Å². The van der Waals surface area contributed by atoms with E-state index in [0.717, 1.165) is 24.3 Å². The van der Waals surface area contributed by atoms with E-state index in [2.05, 4.69) is 0 Å². The third kappa shape index (κ3) is 2.80. The second-order valence-electron chi connectivity index (χ2n) is 5.83. The molecule has 0 amide bonds. The molecular formula is C18H15F3N2O4. The number of esters is 2. The number of hydrogen-bond acceptors (Lipinski definition) is 6. The van der Waals surface area contributed by atoms with Crippen molar-refractivity contribution in [2.24, 2.45) is 10.8 Å². The summed E-state index contributed by atoms with van der Waals surface area (Å²) in [6.45, 7) is 2.72. The molecule has 0 aliphatic heterocycles. The first-order chi connectivity index (χ1) is 12.7. The number of benzene rings is 1. The number of carbonyl (C=O) groups is 2. The van der Waals surface area contributed by atoms with Gasteiger partial charge in [0.25, 0.3) is 0 Å². The standard InChI is InChI=1S/C18H15F3N2O4/c1-3-26-14(24)17(15(25)27-4-2)13(16(17,9-22)10-23)11-5-7-12(8-6-11)18(19,20)21/h5-8,13H,3-4H2,1-2H3. The lowest BCUT2D eigenvalue weighted by Gasteiger charge is -2.15. The first kappa shape index (κ1) is 20.2. The number of nitriles is 2. The van der Waals surface area contributed by atoms with E-state index >= 15 is 0 Å². The number of hydrogen-bond donors (Lipinski definition) is 0. The fourth-order valence-corrected chi connectivity index (χ4v) is 3.30. The van der Waals surface area contributed by atoms with E-state index in [0.29, 0.717) is 0 Å². The summed E-state index contributed by atoms with van der Waals surface area (Å²) in [4.78, 5) is 25.2. The molecule has 1 saturated carbocycles. The van der Waals surface area contributed by atoms with Crippen LogP contribution < -0.4 is 0 Å². The number of ether oxygens (including phenoxy) is 2. The SMILES string of the molecule is CCOC(=O)C1(C(=O)OCC)C(c2ccc(C(F)(F)F)cc2)C1(C#N)C#N. The molecule has 2 rings (SSSR count). The summed E-state index contributed by atoms with van der Waals surface area (Å²) in [7, 11) is 0. The van der Waals surface area contributed by atoms with Gasteiger partial charge in [0, 0.05) is 5.92 Å². The Balaban J connectivity index is 2.62. The minimum absolute atomic E-state index is 0.0622. The molecule has 0 N–H and O–H groups in total. The van der Waals surface area contributed by atoms with Gasteiger partial charge >= 0.3 is 18.1 Å². The molecule has 0 heterocycles. The molecule has 0 spiro atoms. The summed E-state index contributed by atoms with van der Waals surface area (Å²) >= 11 is 0. The fraction of sp³-hybridized carbons (Fsp3) is 0.444. The third-order valence-electron chi connectivity index (χ3n) is 4.52. The number of carbonyl (C=O) groups excluding carboxylic acids is 2. The fourth-order valence-electron chi connectivity index (χ4n) is 3.30. The Hall–Kier alpha value is -3.07. The summed E-state index contributed by atoms with van der Waals surface area (Å²) in [5.74, 6) is -3.53. The highest BCUT2D eigenvalue weighted by atomic mass is 19.4. The van der Waals surface area contributed by atoms with Crippen LogP contribution in [0.2, 0.25) is 0 Å². The zero-order chi connectivity index (χ0) is 20.5. The largest absolute Gasteiger partial charge is 0.465 e. The predicted octanol–water partition coefficient (Wildman–Crippen LogP) is 2.95. The minimum Gasteiger partial charge on any atom is -0.465 e. The van der Waals surface area contributed by atoms with Crippen molar-refractivity contribution in [2.75, 3.05) is 13.2 Å². The Labute approximate surface area is 153 Å². The Kier molecular flexibility index (Phi) is 5.19. The van der Waals surface area contributed by atoms with Crippen molar-refractivity contribution in [3.8, 4) is 12.1 Å². The lowest BCUT2D eigenvalue weighted by Crippen LogP contribution is -2.35. The highest BCUT2D eigenvalue weighted by Crippen LogP contribution is 2.75. The van der Waals surface area contributed by atoms with E-state index in [4.69, 9.17) is 9.47 Å². The number of alkyl halides is 3. The average Bonchev–Trinajstić information content (AvgIpc) is 3.26.